The van der Waals surface area contributed by atoms with Gasteiger partial charge in [-0.15, -0.1) is 0 Å². The van der Waals surface area contributed by atoms with Crippen LogP contribution in [0.3, 0.4) is 0 Å². The highest BCUT2D eigenvalue weighted by Gasteiger charge is 2.10. The minimum Gasteiger partial charge on any atom is -0.384 e. The molecule has 0 fully saturated rings. The molecule has 0 radical (unpaired) electrons. The average molecular weight is 233 g/mol. The van der Waals surface area contributed by atoms with Crippen LogP contribution >= 0.6 is 0 Å². The zero-order valence-corrected chi connectivity index (χ0v) is 11.2. The molecule has 0 spiro atoms. The number of hydrogen-bond acceptors (Lipinski definition) is 3. The summed E-state index contributed by atoms with van der Waals surface area (Å²) in [5.41, 5.74) is 4.20. The normalized spacial score (nSPS) is 14.2. The molecule has 0 saturated carbocycles. The third-order valence-electron chi connectivity index (χ3n) is 3.27. The van der Waals surface area contributed by atoms with Crippen LogP contribution in [-0.2, 0) is 13.0 Å². The standard InChI is InChI=1S/C14H23N3/c1-16(2)8-9-17(3)11-12-4-5-13-6-7-15-14(13)10-12/h4-5,10,15H,6-9,11H2,1-3H3. The molecule has 1 N–H and O–H groups in total. The highest BCUT2D eigenvalue weighted by atomic mass is 15.1. The summed E-state index contributed by atoms with van der Waals surface area (Å²) in [5.74, 6) is 0. The lowest BCUT2D eigenvalue weighted by molar-refractivity contribution is 0.276. The second kappa shape index (κ2) is 5.52. The smallest absolute Gasteiger partial charge is 0.0376 e. The van der Waals surface area contributed by atoms with Gasteiger partial charge in [-0.2, -0.15) is 0 Å². The lowest BCUT2D eigenvalue weighted by Crippen LogP contribution is -2.28. The zero-order chi connectivity index (χ0) is 12.3. The van der Waals surface area contributed by atoms with Gasteiger partial charge >= 0.3 is 0 Å². The maximum Gasteiger partial charge on any atom is 0.0376 e. The molecule has 0 amide bonds. The maximum atomic E-state index is 3.44. The Morgan fingerprint density at radius 2 is 2.00 bits per heavy atom. The molecule has 1 aromatic carbocycles. The number of hydrogen-bond donors (Lipinski definition) is 1. The van der Waals surface area contributed by atoms with Crippen molar-refractivity contribution in [2.24, 2.45) is 0 Å². The van der Waals surface area contributed by atoms with Gasteiger partial charge in [0.2, 0.25) is 0 Å². The van der Waals surface area contributed by atoms with Crippen LogP contribution in [0, 0.1) is 0 Å². The Bertz CT molecular complexity index is 374. The summed E-state index contributed by atoms with van der Waals surface area (Å²) in [6.07, 6.45) is 1.17. The molecule has 3 heteroatoms. The van der Waals surface area contributed by atoms with E-state index >= 15 is 0 Å². The number of anilines is 1. The van der Waals surface area contributed by atoms with E-state index in [1.165, 1.54) is 23.2 Å². The summed E-state index contributed by atoms with van der Waals surface area (Å²) in [6, 6.07) is 6.83. The number of fused-ring (bicyclic) bond motifs is 1. The van der Waals surface area contributed by atoms with Crippen LogP contribution in [0.2, 0.25) is 0 Å². The Hall–Kier alpha value is -1.06. The Morgan fingerprint density at radius 3 is 2.76 bits per heavy atom. The van der Waals surface area contributed by atoms with Crippen LogP contribution in [0.1, 0.15) is 11.1 Å². The van der Waals surface area contributed by atoms with Crippen LogP contribution in [-0.4, -0.2) is 50.6 Å². The molecule has 1 aliphatic heterocycles. The molecule has 1 aliphatic rings. The van der Waals surface area contributed by atoms with Crippen molar-refractivity contribution in [2.45, 2.75) is 13.0 Å². The summed E-state index contributed by atoms with van der Waals surface area (Å²) >= 11 is 0. The van der Waals surface area contributed by atoms with Gasteiger partial charge < -0.3 is 15.1 Å². The Morgan fingerprint density at radius 1 is 1.18 bits per heavy atom. The van der Waals surface area contributed by atoms with E-state index in [-0.39, 0.29) is 0 Å². The molecule has 17 heavy (non-hydrogen) atoms. The van der Waals surface area contributed by atoms with Crippen LogP contribution in [0.4, 0.5) is 5.69 Å². The molecule has 0 aromatic heterocycles. The summed E-state index contributed by atoms with van der Waals surface area (Å²) in [5, 5.41) is 3.44. The van der Waals surface area contributed by atoms with E-state index in [0.29, 0.717) is 0 Å². The van der Waals surface area contributed by atoms with Crippen molar-refractivity contribution in [3.05, 3.63) is 29.3 Å². The summed E-state index contributed by atoms with van der Waals surface area (Å²) in [4.78, 5) is 4.59. The summed E-state index contributed by atoms with van der Waals surface area (Å²) < 4.78 is 0. The van der Waals surface area contributed by atoms with Crippen molar-refractivity contribution < 1.29 is 0 Å². The molecule has 94 valence electrons. The predicted octanol–water partition coefficient (Wildman–Crippen LogP) is 1.65. The first-order valence-electron chi connectivity index (χ1n) is 6.34. The Labute approximate surface area is 104 Å². The summed E-state index contributed by atoms with van der Waals surface area (Å²) in [7, 11) is 6.42. The topological polar surface area (TPSA) is 18.5 Å². The van der Waals surface area contributed by atoms with E-state index in [9.17, 15) is 0 Å². The predicted molar refractivity (Wildman–Crippen MR) is 73.5 cm³/mol. The van der Waals surface area contributed by atoms with Crippen molar-refractivity contribution in [2.75, 3.05) is 46.1 Å². The van der Waals surface area contributed by atoms with Crippen LogP contribution in [0.5, 0.6) is 0 Å². The number of benzene rings is 1. The monoisotopic (exact) mass is 233 g/mol. The molecule has 0 atom stereocenters. The molecule has 0 aliphatic carbocycles. The van der Waals surface area contributed by atoms with Gasteiger partial charge in [0, 0.05) is 31.9 Å². The molecule has 1 heterocycles. The lowest BCUT2D eigenvalue weighted by Gasteiger charge is -2.19. The van der Waals surface area contributed by atoms with E-state index in [1.807, 2.05) is 0 Å². The van der Waals surface area contributed by atoms with Gasteiger partial charge in [0.1, 0.15) is 0 Å². The van der Waals surface area contributed by atoms with Crippen molar-refractivity contribution in [3.8, 4) is 0 Å². The van der Waals surface area contributed by atoms with Crippen LogP contribution in [0.25, 0.3) is 0 Å². The minimum absolute atomic E-state index is 1.03. The second-order valence-corrected chi connectivity index (χ2v) is 5.21. The number of nitrogens with one attached hydrogen (secondary N) is 1. The molecular formula is C14H23N3. The van der Waals surface area contributed by atoms with Gasteiger partial charge in [0.05, 0.1) is 0 Å². The second-order valence-electron chi connectivity index (χ2n) is 5.21. The van der Waals surface area contributed by atoms with Crippen LogP contribution in [0.15, 0.2) is 18.2 Å². The molecule has 0 saturated heterocycles. The summed E-state index contributed by atoms with van der Waals surface area (Å²) in [6.45, 7) is 4.34. The minimum atomic E-state index is 1.03. The molecular weight excluding hydrogens is 210 g/mol. The van der Waals surface area contributed by atoms with Gasteiger partial charge in [-0.05, 0) is 44.8 Å². The maximum absolute atomic E-state index is 3.44. The van der Waals surface area contributed by atoms with Crippen molar-refractivity contribution in [3.63, 3.8) is 0 Å². The van der Waals surface area contributed by atoms with E-state index in [0.717, 1.165) is 26.2 Å². The quantitative estimate of drug-likeness (QED) is 0.834. The van der Waals surface area contributed by atoms with Gasteiger partial charge in [-0.1, -0.05) is 12.1 Å². The largest absolute Gasteiger partial charge is 0.384 e. The third-order valence-corrected chi connectivity index (χ3v) is 3.27. The van der Waals surface area contributed by atoms with Crippen molar-refractivity contribution in [1.29, 1.82) is 0 Å². The number of nitrogens with zero attached hydrogens (tertiary/aromatic N) is 2. The SMILES string of the molecule is CN(C)CCN(C)Cc1ccc2c(c1)NCC2. The molecule has 0 bridgehead atoms. The Balaban J connectivity index is 1.90. The fraction of sp³-hybridized carbons (Fsp3) is 0.571. The average Bonchev–Trinajstić information content (AvgIpc) is 2.73. The highest BCUT2D eigenvalue weighted by molar-refractivity contribution is 5.56. The zero-order valence-electron chi connectivity index (χ0n) is 11.2. The van der Waals surface area contributed by atoms with Crippen molar-refractivity contribution >= 4 is 5.69 Å². The first-order valence-corrected chi connectivity index (χ1v) is 6.34. The van der Waals surface area contributed by atoms with E-state index in [2.05, 4.69) is 54.5 Å². The fourth-order valence-electron chi connectivity index (χ4n) is 2.20. The molecule has 1 aromatic rings. The first-order chi connectivity index (χ1) is 8.15. The van der Waals surface area contributed by atoms with Crippen LogP contribution < -0.4 is 5.32 Å². The highest BCUT2D eigenvalue weighted by Crippen LogP contribution is 2.23. The lowest BCUT2D eigenvalue weighted by atomic mass is 10.1. The van der Waals surface area contributed by atoms with E-state index in [1.54, 1.807) is 0 Å². The van der Waals surface area contributed by atoms with E-state index in [4.69, 9.17) is 0 Å². The molecule has 3 nitrogen and oxygen atoms in total. The molecule has 2 rings (SSSR count). The Kier molecular flexibility index (Phi) is 4.02. The fourth-order valence-corrected chi connectivity index (χ4v) is 2.20. The molecule has 0 unspecified atom stereocenters. The van der Waals surface area contributed by atoms with Gasteiger partial charge in [-0.3, -0.25) is 0 Å². The van der Waals surface area contributed by atoms with Gasteiger partial charge in [-0.25, -0.2) is 0 Å². The first kappa shape index (κ1) is 12.4. The van der Waals surface area contributed by atoms with E-state index < -0.39 is 0 Å². The van der Waals surface area contributed by atoms with Crippen molar-refractivity contribution in [1.82, 2.24) is 9.80 Å². The number of likely N-dealkylation sites (N-methyl/N-ethyl adjacent to an activating group) is 2. The van der Waals surface area contributed by atoms with Gasteiger partial charge in [0.15, 0.2) is 0 Å². The number of rotatable bonds is 5. The third kappa shape index (κ3) is 3.45. The van der Waals surface area contributed by atoms with Gasteiger partial charge in [0.25, 0.3) is 0 Å².